The molecule has 3 aromatic rings. The van der Waals surface area contributed by atoms with Gasteiger partial charge in [-0.25, -0.2) is 4.98 Å². The molecule has 32 heavy (non-hydrogen) atoms. The zero-order valence-corrected chi connectivity index (χ0v) is 20.1. The second-order valence-electron chi connectivity index (χ2n) is 8.40. The Morgan fingerprint density at radius 3 is 2.47 bits per heavy atom. The Balaban J connectivity index is 1.81. The van der Waals surface area contributed by atoms with Crippen LogP contribution in [0, 0.1) is 12.8 Å². The van der Waals surface area contributed by atoms with E-state index in [2.05, 4.69) is 38.1 Å². The normalized spacial score (nSPS) is 14.3. The molecule has 168 valence electrons. The Morgan fingerprint density at radius 1 is 1.06 bits per heavy atom. The van der Waals surface area contributed by atoms with Gasteiger partial charge in [0.25, 0.3) is 0 Å². The van der Waals surface area contributed by atoms with Gasteiger partial charge in [0.05, 0.1) is 18.0 Å². The average molecular weight is 449 g/mol. The van der Waals surface area contributed by atoms with Gasteiger partial charge in [0.2, 0.25) is 5.91 Å². The lowest BCUT2D eigenvalue weighted by Gasteiger charge is -2.28. The quantitative estimate of drug-likeness (QED) is 0.380. The molecule has 2 aromatic carbocycles. The van der Waals surface area contributed by atoms with E-state index in [0.717, 1.165) is 59.9 Å². The molecular weight excluding hydrogens is 416 g/mol. The molecule has 0 aliphatic heterocycles. The van der Waals surface area contributed by atoms with Crippen LogP contribution in [0.25, 0.3) is 11.3 Å². The Labute approximate surface area is 195 Å². The van der Waals surface area contributed by atoms with E-state index in [0.29, 0.717) is 6.61 Å². The lowest BCUT2D eigenvalue weighted by Crippen LogP contribution is -2.33. The summed E-state index contributed by atoms with van der Waals surface area (Å²) in [4.78, 5) is 22.0. The minimum atomic E-state index is 0.0373. The number of carbonyl (C=O) groups is 1. The molecule has 0 spiro atoms. The van der Waals surface area contributed by atoms with Crippen molar-refractivity contribution in [3.8, 4) is 17.0 Å². The molecule has 4 nitrogen and oxygen atoms in total. The highest BCUT2D eigenvalue weighted by molar-refractivity contribution is 7.16. The number of thiazole rings is 1. The lowest BCUT2D eigenvalue weighted by molar-refractivity contribution is -0.122. The molecule has 1 aliphatic rings. The number of carbonyl (C=O) groups excluding carboxylic acids is 1. The summed E-state index contributed by atoms with van der Waals surface area (Å²) in [6.45, 7) is 6.76. The van der Waals surface area contributed by atoms with Crippen LogP contribution < -0.4 is 9.64 Å². The van der Waals surface area contributed by atoms with Gasteiger partial charge in [-0.05, 0) is 45.2 Å². The number of benzene rings is 2. The van der Waals surface area contributed by atoms with Gasteiger partial charge in [0.1, 0.15) is 5.75 Å². The first-order valence-electron chi connectivity index (χ1n) is 11.7. The average Bonchev–Trinajstić information content (AvgIpc) is 3.25. The van der Waals surface area contributed by atoms with Crippen LogP contribution in [0.4, 0.5) is 10.8 Å². The Bertz CT molecular complexity index is 1050. The zero-order valence-electron chi connectivity index (χ0n) is 19.3. The second kappa shape index (κ2) is 10.3. The van der Waals surface area contributed by atoms with E-state index in [4.69, 9.17) is 9.72 Å². The smallest absolute Gasteiger partial charge is 0.236 e. The number of aryl methyl sites for hydroxylation is 2. The van der Waals surface area contributed by atoms with Gasteiger partial charge in [0.15, 0.2) is 5.13 Å². The van der Waals surface area contributed by atoms with Crippen LogP contribution >= 0.6 is 11.3 Å². The van der Waals surface area contributed by atoms with Gasteiger partial charge in [0, 0.05) is 16.4 Å². The number of amides is 1. The topological polar surface area (TPSA) is 42.4 Å². The Morgan fingerprint density at radius 2 is 1.78 bits per heavy atom. The lowest BCUT2D eigenvalue weighted by atomic mass is 9.88. The van der Waals surface area contributed by atoms with E-state index in [1.165, 1.54) is 16.9 Å². The third-order valence-corrected chi connectivity index (χ3v) is 7.29. The van der Waals surface area contributed by atoms with Crippen molar-refractivity contribution in [3.05, 3.63) is 59.0 Å². The molecule has 1 fully saturated rings. The first kappa shape index (κ1) is 22.5. The summed E-state index contributed by atoms with van der Waals surface area (Å²) in [5, 5.41) is 0.736. The Hall–Kier alpha value is -2.66. The van der Waals surface area contributed by atoms with Gasteiger partial charge >= 0.3 is 0 Å². The molecule has 0 N–H and O–H groups in total. The number of rotatable bonds is 7. The summed E-state index contributed by atoms with van der Waals surface area (Å²) in [6.07, 6.45) is 6.22. The molecule has 0 atom stereocenters. The standard InChI is InChI=1S/C27H32N2O2S/c1-4-24-25(20-17-15-19(3)16-18-20)28-27(32-24)29(26(30)21-11-7-6-8-12-21)22-13-9-10-14-23(22)31-5-2/h9-10,13-18,21H,4-8,11-12H2,1-3H3. The van der Waals surface area contributed by atoms with Crippen molar-refractivity contribution in [2.45, 2.75) is 59.3 Å². The number of anilines is 2. The summed E-state index contributed by atoms with van der Waals surface area (Å²) in [5.74, 6) is 0.906. The highest BCUT2D eigenvalue weighted by Gasteiger charge is 2.32. The van der Waals surface area contributed by atoms with Crippen LogP contribution in [0.2, 0.25) is 0 Å². The van der Waals surface area contributed by atoms with E-state index in [-0.39, 0.29) is 11.8 Å². The second-order valence-corrected chi connectivity index (χ2v) is 9.46. The fraction of sp³-hybridized carbons (Fsp3) is 0.407. The van der Waals surface area contributed by atoms with Gasteiger partial charge in [-0.1, -0.05) is 68.1 Å². The van der Waals surface area contributed by atoms with Crippen LogP contribution in [0.3, 0.4) is 0 Å². The molecule has 1 aliphatic carbocycles. The molecule has 1 heterocycles. The van der Waals surface area contributed by atoms with Crippen LogP contribution in [0.15, 0.2) is 48.5 Å². The van der Waals surface area contributed by atoms with Crippen molar-refractivity contribution in [3.63, 3.8) is 0 Å². The minimum Gasteiger partial charge on any atom is -0.492 e. The van der Waals surface area contributed by atoms with Crippen molar-refractivity contribution < 1.29 is 9.53 Å². The predicted molar refractivity (Wildman–Crippen MR) is 133 cm³/mol. The zero-order chi connectivity index (χ0) is 22.5. The number of aromatic nitrogens is 1. The summed E-state index contributed by atoms with van der Waals surface area (Å²) < 4.78 is 5.92. The Kier molecular flexibility index (Phi) is 7.26. The van der Waals surface area contributed by atoms with Crippen LogP contribution in [-0.2, 0) is 11.2 Å². The summed E-state index contributed by atoms with van der Waals surface area (Å²) in [7, 11) is 0. The third-order valence-electron chi connectivity index (χ3n) is 6.10. The molecular formula is C27H32N2O2S. The molecule has 1 saturated carbocycles. The summed E-state index contributed by atoms with van der Waals surface area (Å²) in [5.41, 5.74) is 4.08. The van der Waals surface area contributed by atoms with Gasteiger partial charge < -0.3 is 4.74 Å². The largest absolute Gasteiger partial charge is 0.492 e. The van der Waals surface area contributed by atoms with Crippen molar-refractivity contribution >= 4 is 28.1 Å². The van der Waals surface area contributed by atoms with Gasteiger partial charge in [-0.2, -0.15) is 0 Å². The van der Waals surface area contributed by atoms with E-state index >= 15 is 0 Å². The van der Waals surface area contributed by atoms with Crippen LogP contribution in [0.5, 0.6) is 5.75 Å². The van der Waals surface area contributed by atoms with E-state index in [1.54, 1.807) is 11.3 Å². The molecule has 0 radical (unpaired) electrons. The fourth-order valence-electron chi connectivity index (χ4n) is 4.38. The molecule has 0 bridgehead atoms. The predicted octanol–water partition coefficient (Wildman–Crippen LogP) is 7.32. The molecule has 4 rings (SSSR count). The van der Waals surface area contributed by atoms with Gasteiger partial charge in [-0.3, -0.25) is 9.69 Å². The molecule has 0 unspecified atom stereocenters. The minimum absolute atomic E-state index is 0.0373. The van der Waals surface area contributed by atoms with E-state index in [9.17, 15) is 4.79 Å². The highest BCUT2D eigenvalue weighted by atomic mass is 32.1. The van der Waals surface area contributed by atoms with Crippen molar-refractivity contribution in [2.75, 3.05) is 11.5 Å². The first-order chi connectivity index (χ1) is 15.6. The summed E-state index contributed by atoms with van der Waals surface area (Å²) >= 11 is 1.62. The fourth-order valence-corrected chi connectivity index (χ4v) is 5.42. The SMILES string of the molecule is CCOc1ccccc1N(C(=O)C1CCCCC1)c1nc(-c2ccc(C)cc2)c(CC)s1. The number of hydrogen-bond acceptors (Lipinski definition) is 4. The van der Waals surface area contributed by atoms with Crippen molar-refractivity contribution in [2.24, 2.45) is 5.92 Å². The maximum atomic E-state index is 13.9. The highest BCUT2D eigenvalue weighted by Crippen LogP contribution is 2.42. The van der Waals surface area contributed by atoms with E-state index < -0.39 is 0 Å². The van der Waals surface area contributed by atoms with Crippen LogP contribution in [0.1, 0.15) is 56.4 Å². The maximum Gasteiger partial charge on any atom is 0.236 e. The van der Waals surface area contributed by atoms with Crippen LogP contribution in [-0.4, -0.2) is 17.5 Å². The molecule has 1 amide bonds. The van der Waals surface area contributed by atoms with E-state index in [1.807, 2.05) is 36.1 Å². The number of hydrogen-bond donors (Lipinski definition) is 0. The monoisotopic (exact) mass is 448 g/mol. The van der Waals surface area contributed by atoms with Crippen molar-refractivity contribution in [1.29, 1.82) is 0 Å². The maximum absolute atomic E-state index is 13.9. The number of para-hydroxylation sites is 2. The molecule has 1 aromatic heterocycles. The third kappa shape index (κ3) is 4.73. The summed E-state index contributed by atoms with van der Waals surface area (Å²) in [6, 6.07) is 16.3. The van der Waals surface area contributed by atoms with Gasteiger partial charge in [-0.15, -0.1) is 11.3 Å². The van der Waals surface area contributed by atoms with Crippen molar-refractivity contribution in [1.82, 2.24) is 4.98 Å². The number of nitrogens with zero attached hydrogens (tertiary/aromatic N) is 2. The molecule has 5 heteroatoms. The number of ether oxygens (including phenoxy) is 1. The first-order valence-corrected chi connectivity index (χ1v) is 12.6. The molecule has 0 saturated heterocycles.